The van der Waals surface area contributed by atoms with Crippen LogP contribution in [0.2, 0.25) is 0 Å². The van der Waals surface area contributed by atoms with Crippen molar-refractivity contribution >= 4 is 11.4 Å². The number of nitrogens with zero attached hydrogens (tertiary/aromatic N) is 2. The first kappa shape index (κ1) is 14.8. The van der Waals surface area contributed by atoms with E-state index in [9.17, 15) is 10.1 Å². The zero-order valence-corrected chi connectivity index (χ0v) is 12.3. The average Bonchev–Trinajstić information content (AvgIpc) is 2.82. The molecule has 1 saturated heterocycles. The van der Waals surface area contributed by atoms with Crippen LogP contribution in [0.3, 0.4) is 0 Å². The van der Waals surface area contributed by atoms with Crippen LogP contribution in [0.15, 0.2) is 18.2 Å². The zero-order valence-electron chi connectivity index (χ0n) is 12.3. The molecule has 1 aliphatic rings. The molecule has 0 bridgehead atoms. The molecule has 110 valence electrons. The molecule has 1 aromatic carbocycles. The van der Waals surface area contributed by atoms with Crippen molar-refractivity contribution in [3.8, 4) is 0 Å². The number of nitro benzene ring substituents is 1. The van der Waals surface area contributed by atoms with Crippen molar-refractivity contribution in [2.45, 2.75) is 45.7 Å². The van der Waals surface area contributed by atoms with Crippen molar-refractivity contribution in [3.05, 3.63) is 33.9 Å². The van der Waals surface area contributed by atoms with E-state index >= 15 is 0 Å². The number of anilines is 1. The quantitative estimate of drug-likeness (QED) is 0.639. The van der Waals surface area contributed by atoms with Crippen LogP contribution >= 0.6 is 0 Å². The van der Waals surface area contributed by atoms with Gasteiger partial charge in [-0.3, -0.25) is 15.0 Å². The Kier molecular flexibility index (Phi) is 4.95. The third-order valence-electron chi connectivity index (χ3n) is 3.90. The Hall–Kier alpha value is -1.62. The number of hydrogen-bond donors (Lipinski definition) is 1. The molecule has 0 aromatic heterocycles. The zero-order chi connectivity index (χ0) is 14.5. The summed E-state index contributed by atoms with van der Waals surface area (Å²) in [6, 6.07) is 6.12. The van der Waals surface area contributed by atoms with E-state index in [1.807, 2.05) is 19.1 Å². The minimum atomic E-state index is -0.297. The van der Waals surface area contributed by atoms with E-state index in [1.165, 1.54) is 12.8 Å². The minimum absolute atomic E-state index is 0.183. The van der Waals surface area contributed by atoms with Gasteiger partial charge in [-0.25, -0.2) is 0 Å². The second kappa shape index (κ2) is 6.70. The summed E-state index contributed by atoms with van der Waals surface area (Å²) in [6.07, 6.45) is 3.39. The Balaban J connectivity index is 2.14. The van der Waals surface area contributed by atoms with Crippen molar-refractivity contribution in [2.75, 3.05) is 18.4 Å². The number of nitro groups is 1. The van der Waals surface area contributed by atoms with Crippen molar-refractivity contribution in [1.29, 1.82) is 0 Å². The summed E-state index contributed by atoms with van der Waals surface area (Å²) >= 11 is 0. The monoisotopic (exact) mass is 277 g/mol. The summed E-state index contributed by atoms with van der Waals surface area (Å²) in [5.41, 5.74) is 1.82. The van der Waals surface area contributed by atoms with Gasteiger partial charge in [-0.1, -0.05) is 13.0 Å². The lowest BCUT2D eigenvalue weighted by Gasteiger charge is -2.21. The fourth-order valence-electron chi connectivity index (χ4n) is 2.70. The van der Waals surface area contributed by atoms with Crippen molar-refractivity contribution in [2.24, 2.45) is 0 Å². The summed E-state index contributed by atoms with van der Waals surface area (Å²) in [5, 5.41) is 14.3. The fourth-order valence-corrected chi connectivity index (χ4v) is 2.70. The summed E-state index contributed by atoms with van der Waals surface area (Å²) in [5.74, 6) is 0. The summed E-state index contributed by atoms with van der Waals surface area (Å²) in [6.45, 7) is 6.91. The van der Waals surface area contributed by atoms with Crippen LogP contribution in [0.1, 0.15) is 38.7 Å². The number of nitrogens with one attached hydrogen (secondary N) is 1. The third kappa shape index (κ3) is 3.48. The first-order chi connectivity index (χ1) is 9.61. The Morgan fingerprint density at radius 3 is 2.90 bits per heavy atom. The molecule has 5 nitrogen and oxygen atoms in total. The van der Waals surface area contributed by atoms with Gasteiger partial charge in [0, 0.05) is 25.2 Å². The summed E-state index contributed by atoms with van der Waals surface area (Å²) in [4.78, 5) is 13.3. The van der Waals surface area contributed by atoms with Gasteiger partial charge in [0.1, 0.15) is 5.69 Å². The van der Waals surface area contributed by atoms with Gasteiger partial charge in [-0.05, 0) is 44.4 Å². The van der Waals surface area contributed by atoms with Gasteiger partial charge in [0.05, 0.1) is 4.92 Å². The number of hydrogen-bond acceptors (Lipinski definition) is 4. The van der Waals surface area contributed by atoms with Crippen LogP contribution < -0.4 is 5.32 Å². The van der Waals surface area contributed by atoms with Crippen molar-refractivity contribution in [3.63, 3.8) is 0 Å². The maximum Gasteiger partial charge on any atom is 0.292 e. The number of likely N-dealkylation sites (tertiary alicyclic amines) is 1. The molecule has 2 rings (SSSR count). The van der Waals surface area contributed by atoms with Gasteiger partial charge < -0.3 is 5.32 Å². The van der Waals surface area contributed by atoms with E-state index in [1.54, 1.807) is 6.07 Å². The molecule has 20 heavy (non-hydrogen) atoms. The molecular weight excluding hydrogens is 254 g/mol. The molecule has 1 N–H and O–H groups in total. The lowest BCUT2D eigenvalue weighted by Crippen LogP contribution is -2.26. The maximum atomic E-state index is 11.2. The molecule has 0 spiro atoms. The van der Waals surface area contributed by atoms with Crippen LogP contribution in [-0.2, 0) is 6.54 Å². The van der Waals surface area contributed by atoms with Gasteiger partial charge >= 0.3 is 0 Å². The smallest absolute Gasteiger partial charge is 0.292 e. The van der Waals surface area contributed by atoms with Crippen molar-refractivity contribution < 1.29 is 4.92 Å². The summed E-state index contributed by atoms with van der Waals surface area (Å²) < 4.78 is 0. The van der Waals surface area contributed by atoms with Crippen molar-refractivity contribution in [1.82, 2.24) is 4.90 Å². The molecule has 1 aliphatic heterocycles. The van der Waals surface area contributed by atoms with E-state index in [-0.39, 0.29) is 10.6 Å². The van der Waals surface area contributed by atoms with Gasteiger partial charge in [-0.2, -0.15) is 0 Å². The van der Waals surface area contributed by atoms with Gasteiger partial charge in [0.25, 0.3) is 5.69 Å². The summed E-state index contributed by atoms with van der Waals surface area (Å²) in [7, 11) is 0. The highest BCUT2D eigenvalue weighted by Gasteiger charge is 2.21. The van der Waals surface area contributed by atoms with Gasteiger partial charge in [0.2, 0.25) is 0 Å². The van der Waals surface area contributed by atoms with Crippen LogP contribution in [0, 0.1) is 10.1 Å². The molecule has 0 aliphatic carbocycles. The van der Waals surface area contributed by atoms with Crippen LogP contribution in [-0.4, -0.2) is 29.0 Å². The lowest BCUT2D eigenvalue weighted by atomic mass is 10.1. The highest BCUT2D eigenvalue weighted by atomic mass is 16.6. The standard InChI is InChI=1S/C15H23N3O2/c1-3-8-16-14-7-6-13(10-15(14)18(19)20)11-17-9-4-5-12(17)2/h6-7,10,12,16H,3-5,8-9,11H2,1-2H3. The van der Waals surface area contributed by atoms with Crippen LogP contribution in [0.4, 0.5) is 11.4 Å². The van der Waals surface area contributed by atoms with E-state index in [0.717, 1.165) is 31.6 Å². The molecule has 1 heterocycles. The average molecular weight is 277 g/mol. The Labute approximate surface area is 120 Å². The van der Waals surface area contributed by atoms with Gasteiger partial charge in [0.15, 0.2) is 0 Å². The number of rotatable bonds is 6. The molecular formula is C15H23N3O2. The fraction of sp³-hybridized carbons (Fsp3) is 0.600. The molecule has 0 amide bonds. The largest absolute Gasteiger partial charge is 0.380 e. The molecule has 0 saturated carbocycles. The maximum absolute atomic E-state index is 11.2. The first-order valence-electron chi connectivity index (χ1n) is 7.37. The second-order valence-corrected chi connectivity index (χ2v) is 5.50. The Morgan fingerprint density at radius 1 is 1.50 bits per heavy atom. The highest BCUT2D eigenvalue weighted by molar-refractivity contribution is 5.62. The minimum Gasteiger partial charge on any atom is -0.380 e. The third-order valence-corrected chi connectivity index (χ3v) is 3.90. The molecule has 1 atom stereocenters. The van der Waals surface area contributed by atoms with E-state index in [2.05, 4.69) is 17.1 Å². The molecule has 1 unspecified atom stereocenters. The van der Waals surface area contributed by atoms with Crippen LogP contribution in [0.5, 0.6) is 0 Å². The van der Waals surface area contributed by atoms with Crippen LogP contribution in [0.25, 0.3) is 0 Å². The molecule has 1 aromatic rings. The molecule has 0 radical (unpaired) electrons. The first-order valence-corrected chi connectivity index (χ1v) is 7.37. The molecule has 1 fully saturated rings. The van der Waals surface area contributed by atoms with Gasteiger partial charge in [-0.15, -0.1) is 0 Å². The van der Waals surface area contributed by atoms with E-state index in [4.69, 9.17) is 0 Å². The SMILES string of the molecule is CCCNc1ccc(CN2CCCC2C)cc1[N+](=O)[O-]. The topological polar surface area (TPSA) is 58.4 Å². The second-order valence-electron chi connectivity index (χ2n) is 5.50. The van der Waals surface area contributed by atoms with E-state index in [0.29, 0.717) is 11.7 Å². The predicted octanol–water partition coefficient (Wildman–Crippen LogP) is 3.40. The number of benzene rings is 1. The normalized spacial score (nSPS) is 19.2. The lowest BCUT2D eigenvalue weighted by molar-refractivity contribution is -0.384. The Bertz CT molecular complexity index is 476. The highest BCUT2D eigenvalue weighted by Crippen LogP contribution is 2.27. The Morgan fingerprint density at radius 2 is 2.30 bits per heavy atom. The molecule has 5 heteroatoms. The van der Waals surface area contributed by atoms with E-state index < -0.39 is 0 Å². The predicted molar refractivity (Wildman–Crippen MR) is 81.0 cm³/mol.